The first kappa shape index (κ1) is 17.1. The fourth-order valence-electron chi connectivity index (χ4n) is 2.08. The van der Waals surface area contributed by atoms with Crippen molar-refractivity contribution >= 4 is 29.1 Å². The zero-order valence-corrected chi connectivity index (χ0v) is 13.2. The van der Waals surface area contributed by atoms with Gasteiger partial charge < -0.3 is 15.8 Å². The summed E-state index contributed by atoms with van der Waals surface area (Å²) >= 11 is 0. The number of nitrogens with zero attached hydrogens (tertiary/aromatic N) is 3. The van der Waals surface area contributed by atoms with E-state index in [0.29, 0.717) is 12.1 Å². The third-order valence-electron chi connectivity index (χ3n) is 3.35. The monoisotopic (exact) mass is 331 g/mol. The molecule has 1 aromatic carbocycles. The zero-order valence-electron chi connectivity index (χ0n) is 13.2. The van der Waals surface area contributed by atoms with Crippen LogP contribution < -0.4 is 11.1 Å². The molecule has 24 heavy (non-hydrogen) atoms. The molecule has 9 nitrogen and oxygen atoms in total. The van der Waals surface area contributed by atoms with Gasteiger partial charge >= 0.3 is 11.7 Å². The lowest BCUT2D eigenvalue weighted by Gasteiger charge is -2.10. The van der Waals surface area contributed by atoms with Gasteiger partial charge in [-0.15, -0.1) is 0 Å². The number of anilines is 3. The van der Waals surface area contributed by atoms with Crippen molar-refractivity contribution < 1.29 is 14.5 Å². The van der Waals surface area contributed by atoms with Crippen LogP contribution in [0.5, 0.6) is 0 Å². The lowest BCUT2D eigenvalue weighted by atomic mass is 10.0. The summed E-state index contributed by atoms with van der Waals surface area (Å²) in [7, 11) is 1.36. The Morgan fingerprint density at radius 3 is 2.62 bits per heavy atom. The van der Waals surface area contributed by atoms with Crippen molar-refractivity contribution in [1.29, 1.82) is 0 Å². The Morgan fingerprint density at radius 1 is 1.42 bits per heavy atom. The van der Waals surface area contributed by atoms with Crippen molar-refractivity contribution in [1.82, 2.24) is 9.97 Å². The molecule has 1 heterocycles. The number of rotatable bonds is 6. The van der Waals surface area contributed by atoms with E-state index in [0.717, 1.165) is 11.8 Å². The van der Waals surface area contributed by atoms with E-state index in [1.807, 2.05) is 12.1 Å². The highest BCUT2D eigenvalue weighted by Gasteiger charge is 2.15. The summed E-state index contributed by atoms with van der Waals surface area (Å²) in [5.41, 5.74) is 6.85. The topological polar surface area (TPSA) is 133 Å². The molecule has 1 unspecified atom stereocenters. The van der Waals surface area contributed by atoms with Crippen LogP contribution in [0.2, 0.25) is 0 Å². The molecule has 1 aromatic heterocycles. The highest BCUT2D eigenvalue weighted by molar-refractivity contribution is 5.72. The summed E-state index contributed by atoms with van der Waals surface area (Å²) in [5.74, 6) is -0.534. The van der Waals surface area contributed by atoms with Crippen LogP contribution >= 0.6 is 0 Å². The highest BCUT2D eigenvalue weighted by Crippen LogP contribution is 2.21. The third kappa shape index (κ3) is 4.15. The van der Waals surface area contributed by atoms with E-state index in [1.165, 1.54) is 7.11 Å². The second kappa shape index (κ2) is 7.36. The van der Waals surface area contributed by atoms with E-state index in [4.69, 9.17) is 10.5 Å². The van der Waals surface area contributed by atoms with Crippen LogP contribution in [0.25, 0.3) is 0 Å². The molecule has 0 fully saturated rings. The maximum atomic E-state index is 11.4. The highest BCUT2D eigenvalue weighted by atomic mass is 16.6. The van der Waals surface area contributed by atoms with Crippen LogP contribution in [0.1, 0.15) is 12.5 Å². The molecular weight excluding hydrogens is 314 g/mol. The maximum Gasteiger partial charge on any atom is 0.329 e. The Labute approximate surface area is 138 Å². The minimum absolute atomic E-state index is 0.161. The Hall–Kier alpha value is -3.23. The second-order valence-corrected chi connectivity index (χ2v) is 5.17. The van der Waals surface area contributed by atoms with Crippen LogP contribution in [0.4, 0.5) is 23.1 Å². The van der Waals surface area contributed by atoms with E-state index < -0.39 is 4.92 Å². The molecule has 0 radical (unpaired) electrons. The molecule has 9 heteroatoms. The fraction of sp³-hybridized carbons (Fsp3) is 0.267. The van der Waals surface area contributed by atoms with Gasteiger partial charge in [-0.05, 0) is 24.1 Å². The number of methoxy groups -OCH3 is 1. The molecule has 0 spiro atoms. The van der Waals surface area contributed by atoms with Crippen LogP contribution in [-0.4, -0.2) is 28.0 Å². The number of nitrogen functional groups attached to an aromatic ring is 1. The molecule has 126 valence electrons. The van der Waals surface area contributed by atoms with Gasteiger partial charge in [0.15, 0.2) is 0 Å². The van der Waals surface area contributed by atoms with Gasteiger partial charge in [-0.1, -0.05) is 19.1 Å². The first-order valence-corrected chi connectivity index (χ1v) is 7.11. The minimum atomic E-state index is -0.642. The average molecular weight is 331 g/mol. The largest absolute Gasteiger partial charge is 0.469 e. The van der Waals surface area contributed by atoms with Crippen molar-refractivity contribution in [3.63, 3.8) is 0 Å². The number of hydrogen-bond donors (Lipinski definition) is 2. The zero-order chi connectivity index (χ0) is 17.7. The molecule has 0 aliphatic carbocycles. The number of esters is 1. The number of ether oxygens (including phenoxy) is 1. The Morgan fingerprint density at radius 2 is 2.08 bits per heavy atom. The van der Waals surface area contributed by atoms with E-state index in [1.54, 1.807) is 19.1 Å². The molecule has 3 N–H and O–H groups in total. The molecule has 0 bridgehead atoms. The van der Waals surface area contributed by atoms with E-state index in [-0.39, 0.29) is 29.3 Å². The summed E-state index contributed by atoms with van der Waals surface area (Å²) in [4.78, 5) is 29.2. The Bertz CT molecular complexity index is 748. The lowest BCUT2D eigenvalue weighted by Crippen LogP contribution is -2.15. The van der Waals surface area contributed by atoms with Gasteiger partial charge in [0.2, 0.25) is 11.8 Å². The van der Waals surface area contributed by atoms with Crippen LogP contribution in [0, 0.1) is 16.0 Å². The summed E-state index contributed by atoms with van der Waals surface area (Å²) < 4.78 is 4.70. The summed E-state index contributed by atoms with van der Waals surface area (Å²) in [6.07, 6.45) is 1.62. The standard InChI is InChI=1S/C15H17N5O4/c1-9(14(21)24-2)7-10-3-5-11(6-4-10)18-15-17-8-12(20(22)23)13(16)19-15/h3-6,8-9H,7H2,1-2H3,(H3,16,17,18,19). The van der Waals surface area contributed by atoms with Gasteiger partial charge in [-0.25, -0.2) is 4.98 Å². The smallest absolute Gasteiger partial charge is 0.329 e. The number of nitrogens with one attached hydrogen (secondary N) is 1. The van der Waals surface area contributed by atoms with E-state index >= 15 is 0 Å². The first-order chi connectivity index (χ1) is 11.4. The van der Waals surface area contributed by atoms with Crippen LogP contribution in [0.3, 0.4) is 0 Å². The number of hydrogen-bond acceptors (Lipinski definition) is 8. The second-order valence-electron chi connectivity index (χ2n) is 5.17. The molecule has 1 atom stereocenters. The van der Waals surface area contributed by atoms with Crippen molar-refractivity contribution in [2.24, 2.45) is 5.92 Å². The molecule has 0 aliphatic rings. The Balaban J connectivity index is 2.05. The van der Waals surface area contributed by atoms with Crippen LogP contribution in [0.15, 0.2) is 30.5 Å². The number of nitrogens with two attached hydrogens (primary N) is 1. The quantitative estimate of drug-likeness (QED) is 0.467. The van der Waals surface area contributed by atoms with Gasteiger partial charge in [0.05, 0.1) is 18.0 Å². The Kier molecular flexibility index (Phi) is 5.25. The number of carbonyl (C=O) groups excluding carboxylic acids is 1. The van der Waals surface area contributed by atoms with Crippen molar-refractivity contribution in [2.75, 3.05) is 18.2 Å². The molecule has 0 saturated heterocycles. The van der Waals surface area contributed by atoms with Crippen molar-refractivity contribution in [3.8, 4) is 0 Å². The van der Waals surface area contributed by atoms with Gasteiger partial charge in [-0.3, -0.25) is 14.9 Å². The average Bonchev–Trinajstić information content (AvgIpc) is 2.55. The lowest BCUT2D eigenvalue weighted by molar-refractivity contribution is -0.384. The number of nitro groups is 1. The van der Waals surface area contributed by atoms with E-state index in [2.05, 4.69) is 15.3 Å². The van der Waals surface area contributed by atoms with Crippen molar-refractivity contribution in [3.05, 3.63) is 46.1 Å². The SMILES string of the molecule is COC(=O)C(C)Cc1ccc(Nc2ncc([N+](=O)[O-])c(N)n2)cc1. The molecule has 2 aromatic rings. The predicted octanol–water partition coefficient (Wildman–Crippen LogP) is 2.06. The van der Waals surface area contributed by atoms with E-state index in [9.17, 15) is 14.9 Å². The maximum absolute atomic E-state index is 11.4. The van der Waals surface area contributed by atoms with Gasteiger partial charge in [-0.2, -0.15) is 4.98 Å². The predicted molar refractivity (Wildman–Crippen MR) is 87.7 cm³/mol. The van der Waals surface area contributed by atoms with Gasteiger partial charge in [0, 0.05) is 5.69 Å². The van der Waals surface area contributed by atoms with Crippen LogP contribution in [-0.2, 0) is 16.0 Å². The third-order valence-corrected chi connectivity index (χ3v) is 3.35. The number of aromatic nitrogens is 2. The summed E-state index contributed by atoms with van der Waals surface area (Å²) in [5, 5.41) is 13.6. The van der Waals surface area contributed by atoms with Crippen molar-refractivity contribution in [2.45, 2.75) is 13.3 Å². The number of carbonyl (C=O) groups is 1. The summed E-state index contributed by atoms with van der Waals surface area (Å²) in [6.45, 7) is 1.80. The minimum Gasteiger partial charge on any atom is -0.469 e. The normalized spacial score (nSPS) is 11.6. The molecule has 0 amide bonds. The number of benzene rings is 1. The fourth-order valence-corrected chi connectivity index (χ4v) is 2.08. The molecular formula is C15H17N5O4. The summed E-state index contributed by atoms with van der Waals surface area (Å²) in [6, 6.07) is 7.30. The molecule has 0 aliphatic heterocycles. The van der Waals surface area contributed by atoms with Gasteiger partial charge in [0.1, 0.15) is 6.20 Å². The van der Waals surface area contributed by atoms with Gasteiger partial charge in [0.25, 0.3) is 0 Å². The molecule has 2 rings (SSSR count). The molecule has 0 saturated carbocycles. The first-order valence-electron chi connectivity index (χ1n) is 7.11.